The van der Waals surface area contributed by atoms with Crippen LogP contribution in [-0.2, 0) is 10.0 Å². The Bertz CT molecular complexity index is 649. The van der Waals surface area contributed by atoms with E-state index in [9.17, 15) is 13.2 Å². The second-order valence-corrected chi connectivity index (χ2v) is 8.06. The number of halogens is 1. The van der Waals surface area contributed by atoms with Crippen molar-refractivity contribution in [3.05, 3.63) is 28.8 Å². The summed E-state index contributed by atoms with van der Waals surface area (Å²) in [5, 5.41) is 8.87. The van der Waals surface area contributed by atoms with Gasteiger partial charge in [0, 0.05) is 13.1 Å². The van der Waals surface area contributed by atoms with Crippen LogP contribution in [0.3, 0.4) is 0 Å². The first-order valence-corrected chi connectivity index (χ1v) is 8.56. The van der Waals surface area contributed by atoms with Crippen molar-refractivity contribution in [1.82, 2.24) is 4.31 Å². The van der Waals surface area contributed by atoms with Crippen LogP contribution in [0.1, 0.15) is 30.6 Å². The monoisotopic (exact) mass is 331 g/mol. The van der Waals surface area contributed by atoms with Crippen LogP contribution < -0.4 is 0 Å². The van der Waals surface area contributed by atoms with Crippen molar-refractivity contribution in [3.8, 4) is 0 Å². The number of sulfonamides is 1. The number of carboxylic acids is 1. The Hall–Kier alpha value is -1.11. The normalized spacial score (nSPS) is 24.0. The van der Waals surface area contributed by atoms with Gasteiger partial charge in [0.1, 0.15) is 0 Å². The summed E-state index contributed by atoms with van der Waals surface area (Å²) in [6.07, 6.45) is 1.00. The molecule has 0 unspecified atom stereocenters. The molecule has 0 radical (unpaired) electrons. The highest BCUT2D eigenvalue weighted by atomic mass is 35.5. The van der Waals surface area contributed by atoms with Crippen LogP contribution in [0.25, 0.3) is 0 Å². The van der Waals surface area contributed by atoms with Crippen molar-refractivity contribution >= 4 is 27.6 Å². The highest BCUT2D eigenvalue weighted by molar-refractivity contribution is 7.89. The molecule has 0 amide bonds. The van der Waals surface area contributed by atoms with Gasteiger partial charge in [0.2, 0.25) is 10.0 Å². The Morgan fingerprint density at radius 3 is 2.33 bits per heavy atom. The molecule has 1 aromatic carbocycles. The minimum absolute atomic E-state index is 0.0406. The summed E-state index contributed by atoms with van der Waals surface area (Å²) in [4.78, 5) is 11.0. The summed E-state index contributed by atoms with van der Waals surface area (Å²) in [5.41, 5.74) is -0.101. The van der Waals surface area contributed by atoms with E-state index in [1.165, 1.54) is 22.5 Å². The second kappa shape index (κ2) is 5.94. The molecule has 5 nitrogen and oxygen atoms in total. The van der Waals surface area contributed by atoms with Gasteiger partial charge in [-0.05, 0) is 36.5 Å². The average molecular weight is 332 g/mol. The number of hydrogen-bond acceptors (Lipinski definition) is 3. The molecule has 1 N–H and O–H groups in total. The first-order valence-electron chi connectivity index (χ1n) is 6.74. The second-order valence-electron chi connectivity index (χ2n) is 5.71. The predicted molar refractivity (Wildman–Crippen MR) is 80.1 cm³/mol. The van der Waals surface area contributed by atoms with Gasteiger partial charge in [-0.3, -0.25) is 0 Å². The molecule has 7 heteroatoms. The molecular formula is C14H18ClNO4S. The number of piperidine rings is 1. The quantitative estimate of drug-likeness (QED) is 0.924. The van der Waals surface area contributed by atoms with Gasteiger partial charge in [-0.2, -0.15) is 4.31 Å². The van der Waals surface area contributed by atoms with E-state index in [0.717, 1.165) is 6.42 Å². The number of hydrogen-bond donors (Lipinski definition) is 1. The summed E-state index contributed by atoms with van der Waals surface area (Å²) in [7, 11) is -3.64. The standard InChI is InChI=1S/C14H18ClNO4S/c1-9-5-10(2)8-16(7-9)21(19,20)11-3-4-12(14(17)18)13(15)6-11/h3-4,6,9-10H,5,7-8H2,1-2H3,(H,17,18)/t9-,10+. The van der Waals surface area contributed by atoms with E-state index in [-0.39, 0.29) is 15.5 Å². The molecule has 0 spiro atoms. The van der Waals surface area contributed by atoms with E-state index >= 15 is 0 Å². The molecule has 1 aromatic rings. The molecule has 2 atom stereocenters. The first-order chi connectivity index (χ1) is 9.71. The van der Waals surface area contributed by atoms with E-state index in [1.54, 1.807) is 0 Å². The van der Waals surface area contributed by atoms with Crippen molar-refractivity contribution in [2.24, 2.45) is 11.8 Å². The van der Waals surface area contributed by atoms with Gasteiger partial charge in [0.05, 0.1) is 15.5 Å². The van der Waals surface area contributed by atoms with Gasteiger partial charge in [-0.1, -0.05) is 25.4 Å². The minimum atomic E-state index is -3.64. The lowest BCUT2D eigenvalue weighted by Gasteiger charge is -2.34. The zero-order chi connectivity index (χ0) is 15.8. The van der Waals surface area contributed by atoms with Crippen LogP contribution in [0, 0.1) is 11.8 Å². The summed E-state index contributed by atoms with van der Waals surface area (Å²) in [6.45, 7) is 5.01. The summed E-state index contributed by atoms with van der Waals surface area (Å²) >= 11 is 5.86. The van der Waals surface area contributed by atoms with Gasteiger partial charge >= 0.3 is 5.97 Å². The van der Waals surface area contributed by atoms with Crippen molar-refractivity contribution < 1.29 is 18.3 Å². The number of aromatic carboxylic acids is 1. The molecule has 1 heterocycles. The molecule has 0 aliphatic carbocycles. The van der Waals surface area contributed by atoms with Gasteiger partial charge in [-0.15, -0.1) is 0 Å². The smallest absolute Gasteiger partial charge is 0.337 e. The first kappa shape index (κ1) is 16.3. The van der Waals surface area contributed by atoms with E-state index < -0.39 is 16.0 Å². The predicted octanol–water partition coefficient (Wildman–Crippen LogP) is 2.70. The summed E-state index contributed by atoms with van der Waals surface area (Å²) < 4.78 is 26.7. The Labute approximate surface area is 129 Å². The number of rotatable bonds is 3. The fourth-order valence-corrected chi connectivity index (χ4v) is 4.81. The van der Waals surface area contributed by atoms with Crippen molar-refractivity contribution in [1.29, 1.82) is 0 Å². The van der Waals surface area contributed by atoms with Crippen LogP contribution in [0.4, 0.5) is 0 Å². The van der Waals surface area contributed by atoms with E-state index in [0.29, 0.717) is 24.9 Å². The van der Waals surface area contributed by atoms with Crippen LogP contribution >= 0.6 is 11.6 Å². The molecule has 21 heavy (non-hydrogen) atoms. The molecule has 1 aliphatic heterocycles. The molecule has 0 bridgehead atoms. The number of nitrogens with zero attached hydrogens (tertiary/aromatic N) is 1. The maximum absolute atomic E-state index is 12.6. The minimum Gasteiger partial charge on any atom is -0.478 e. The third-order valence-electron chi connectivity index (χ3n) is 3.64. The van der Waals surface area contributed by atoms with E-state index in [4.69, 9.17) is 16.7 Å². The van der Waals surface area contributed by atoms with Crippen LogP contribution in [-0.4, -0.2) is 36.9 Å². The summed E-state index contributed by atoms with van der Waals surface area (Å²) in [5.74, 6) is -0.571. The Kier molecular flexibility index (Phi) is 4.60. The summed E-state index contributed by atoms with van der Waals surface area (Å²) in [6, 6.07) is 3.74. The average Bonchev–Trinajstić information content (AvgIpc) is 2.36. The van der Waals surface area contributed by atoms with Gasteiger partial charge < -0.3 is 5.11 Å². The largest absolute Gasteiger partial charge is 0.478 e. The third-order valence-corrected chi connectivity index (χ3v) is 5.78. The maximum atomic E-state index is 12.6. The SMILES string of the molecule is C[C@@H]1C[C@H](C)CN(S(=O)(=O)c2ccc(C(=O)O)c(Cl)c2)C1. The van der Waals surface area contributed by atoms with E-state index in [2.05, 4.69) is 0 Å². The molecule has 0 saturated carbocycles. The third kappa shape index (κ3) is 3.39. The molecular weight excluding hydrogens is 314 g/mol. The Balaban J connectivity index is 2.35. The molecule has 0 aromatic heterocycles. The van der Waals surface area contributed by atoms with E-state index in [1.807, 2.05) is 13.8 Å². The van der Waals surface area contributed by atoms with Crippen LogP contribution in [0.5, 0.6) is 0 Å². The zero-order valence-electron chi connectivity index (χ0n) is 11.9. The molecule has 1 saturated heterocycles. The Morgan fingerprint density at radius 2 is 1.86 bits per heavy atom. The van der Waals surface area contributed by atoms with Gasteiger partial charge in [0.15, 0.2) is 0 Å². The number of carboxylic acid groups (broad SMARTS) is 1. The molecule has 116 valence electrons. The molecule has 1 fully saturated rings. The fraction of sp³-hybridized carbons (Fsp3) is 0.500. The maximum Gasteiger partial charge on any atom is 0.337 e. The van der Waals surface area contributed by atoms with Gasteiger partial charge in [0.25, 0.3) is 0 Å². The topological polar surface area (TPSA) is 74.7 Å². The van der Waals surface area contributed by atoms with Crippen LogP contribution in [0.2, 0.25) is 5.02 Å². The van der Waals surface area contributed by atoms with Crippen LogP contribution in [0.15, 0.2) is 23.1 Å². The fourth-order valence-electron chi connectivity index (χ4n) is 2.78. The molecule has 1 aliphatic rings. The number of benzene rings is 1. The lowest BCUT2D eigenvalue weighted by molar-refractivity contribution is 0.0697. The highest BCUT2D eigenvalue weighted by Crippen LogP contribution is 2.28. The lowest BCUT2D eigenvalue weighted by Crippen LogP contribution is -2.42. The lowest BCUT2D eigenvalue weighted by atomic mass is 9.94. The van der Waals surface area contributed by atoms with Gasteiger partial charge in [-0.25, -0.2) is 13.2 Å². The number of carbonyl (C=O) groups is 1. The highest BCUT2D eigenvalue weighted by Gasteiger charge is 2.32. The zero-order valence-corrected chi connectivity index (χ0v) is 13.5. The van der Waals surface area contributed by atoms with Crippen molar-refractivity contribution in [3.63, 3.8) is 0 Å². The Morgan fingerprint density at radius 1 is 1.29 bits per heavy atom. The van der Waals surface area contributed by atoms with Crippen molar-refractivity contribution in [2.75, 3.05) is 13.1 Å². The molecule has 2 rings (SSSR count). The van der Waals surface area contributed by atoms with Crippen molar-refractivity contribution in [2.45, 2.75) is 25.2 Å².